The molecule has 0 aliphatic carbocycles. The van der Waals surface area contributed by atoms with E-state index in [1.807, 2.05) is 6.08 Å². The van der Waals surface area contributed by atoms with Crippen LogP contribution in [0.5, 0.6) is 0 Å². The van der Waals surface area contributed by atoms with Crippen molar-refractivity contribution in [2.24, 2.45) is 0 Å². The quantitative estimate of drug-likeness (QED) is 0.676. The molecule has 0 atom stereocenters. The molecule has 0 aromatic heterocycles. The first-order valence-corrected chi connectivity index (χ1v) is 3.95. The zero-order chi connectivity index (χ0) is 6.57. The average molecular weight is 278 g/mol. The Hall–Kier alpha value is 0.0383. The summed E-state index contributed by atoms with van der Waals surface area (Å²) in [5, 5.41) is 0. The molecule has 0 aliphatic rings. The van der Waals surface area contributed by atoms with Crippen LogP contribution in [-0.2, 0) is 19.4 Å². The van der Waals surface area contributed by atoms with Gasteiger partial charge < -0.3 is 0 Å². The Balaban J connectivity index is 3.94. The molecule has 0 aromatic rings. The van der Waals surface area contributed by atoms with Crippen molar-refractivity contribution in [2.75, 3.05) is 0 Å². The molecular formula is C7H10W. The molecule has 0 bridgehead atoms. The van der Waals surface area contributed by atoms with Gasteiger partial charge in [-0.25, -0.2) is 0 Å². The van der Waals surface area contributed by atoms with Crippen LogP contribution >= 0.6 is 0 Å². The van der Waals surface area contributed by atoms with Crippen LogP contribution in [0.25, 0.3) is 0 Å². The molecule has 0 rings (SSSR count). The summed E-state index contributed by atoms with van der Waals surface area (Å²) >= 11 is 1.53. The second-order valence-electron chi connectivity index (χ2n) is 1.70. The predicted molar refractivity (Wildman–Crippen MR) is 34.6 cm³/mol. The Morgan fingerprint density at radius 2 is 2.00 bits per heavy atom. The van der Waals surface area contributed by atoms with Crippen LogP contribution in [0.15, 0.2) is 24.3 Å². The van der Waals surface area contributed by atoms with Crippen molar-refractivity contribution >= 4 is 3.90 Å². The van der Waals surface area contributed by atoms with E-state index in [4.69, 9.17) is 0 Å². The molecule has 0 spiro atoms. The molecule has 44 valence electrons. The average Bonchev–Trinajstić information content (AvgIpc) is 1.65. The van der Waals surface area contributed by atoms with E-state index in [-0.39, 0.29) is 0 Å². The van der Waals surface area contributed by atoms with Gasteiger partial charge in [-0.1, -0.05) is 0 Å². The van der Waals surface area contributed by atoms with Crippen molar-refractivity contribution in [2.45, 2.75) is 13.8 Å². The van der Waals surface area contributed by atoms with Crippen LogP contribution in [0.1, 0.15) is 13.8 Å². The van der Waals surface area contributed by atoms with Crippen LogP contribution in [0.2, 0.25) is 0 Å². The molecule has 0 saturated carbocycles. The Morgan fingerprint density at radius 3 is 2.12 bits per heavy atom. The summed E-state index contributed by atoms with van der Waals surface area (Å²) < 4.78 is 1.41. The van der Waals surface area contributed by atoms with Gasteiger partial charge in [-0.2, -0.15) is 0 Å². The van der Waals surface area contributed by atoms with E-state index >= 15 is 0 Å². The van der Waals surface area contributed by atoms with Crippen molar-refractivity contribution < 1.29 is 19.4 Å². The minimum atomic E-state index is 1.25. The fourth-order valence-corrected chi connectivity index (χ4v) is 1.05. The van der Waals surface area contributed by atoms with E-state index in [0.717, 1.165) is 0 Å². The SMILES string of the molecule is C=CC(C)=C[C](C)=[W]. The first-order valence-electron chi connectivity index (χ1n) is 2.48. The van der Waals surface area contributed by atoms with Crippen LogP contribution in [0.4, 0.5) is 0 Å². The number of allylic oxidation sites excluding steroid dienone is 3. The van der Waals surface area contributed by atoms with Gasteiger partial charge in [0.1, 0.15) is 0 Å². The summed E-state index contributed by atoms with van der Waals surface area (Å²) in [6, 6.07) is 0. The third kappa shape index (κ3) is 4.20. The molecule has 0 fully saturated rings. The van der Waals surface area contributed by atoms with Crippen molar-refractivity contribution in [1.29, 1.82) is 0 Å². The fraction of sp³-hybridized carbons (Fsp3) is 0.286. The van der Waals surface area contributed by atoms with Crippen LogP contribution in [-0.4, -0.2) is 3.90 Å². The summed E-state index contributed by atoms with van der Waals surface area (Å²) in [6.45, 7) is 7.81. The Labute approximate surface area is 61.7 Å². The third-order valence-corrected chi connectivity index (χ3v) is 1.18. The van der Waals surface area contributed by atoms with Crippen LogP contribution in [0.3, 0.4) is 0 Å². The molecule has 0 heterocycles. The number of hydrogen-bond donors (Lipinski definition) is 0. The summed E-state index contributed by atoms with van der Waals surface area (Å²) in [7, 11) is 0. The number of rotatable bonds is 2. The molecule has 0 aliphatic heterocycles. The fourth-order valence-electron chi connectivity index (χ4n) is 0.380. The third-order valence-electron chi connectivity index (χ3n) is 0.753. The maximum absolute atomic E-state index is 3.64. The molecule has 0 aromatic carbocycles. The van der Waals surface area contributed by atoms with Crippen LogP contribution in [0, 0.1) is 0 Å². The molecule has 0 N–H and O–H groups in total. The first-order chi connectivity index (χ1) is 3.66. The van der Waals surface area contributed by atoms with E-state index in [9.17, 15) is 0 Å². The molecule has 1 heteroatoms. The molecule has 0 nitrogen and oxygen atoms in total. The normalized spacial score (nSPS) is 11.0. The summed E-state index contributed by atoms with van der Waals surface area (Å²) in [5.41, 5.74) is 1.25. The summed E-state index contributed by atoms with van der Waals surface area (Å²) in [5.74, 6) is 0. The second kappa shape index (κ2) is 3.97. The van der Waals surface area contributed by atoms with E-state index in [2.05, 4.69) is 26.5 Å². The zero-order valence-corrected chi connectivity index (χ0v) is 8.20. The van der Waals surface area contributed by atoms with Gasteiger partial charge in [-0.15, -0.1) is 0 Å². The van der Waals surface area contributed by atoms with Gasteiger partial charge in [-0.05, 0) is 0 Å². The van der Waals surface area contributed by atoms with Gasteiger partial charge >= 0.3 is 61.4 Å². The monoisotopic (exact) mass is 278 g/mol. The standard InChI is InChI=1S/C7H10.W/c1-4-6-7(3)5-2;/h5-6H,2H2,1,3H3;. The Kier molecular flexibility index (Phi) is 3.99. The van der Waals surface area contributed by atoms with Crippen LogP contribution < -0.4 is 0 Å². The van der Waals surface area contributed by atoms with Crippen molar-refractivity contribution in [3.05, 3.63) is 24.3 Å². The van der Waals surface area contributed by atoms with Gasteiger partial charge in [-0.3, -0.25) is 0 Å². The molecule has 0 saturated heterocycles. The molecule has 0 radical (unpaired) electrons. The minimum absolute atomic E-state index is 1.25. The maximum atomic E-state index is 3.64. The second-order valence-corrected chi connectivity index (χ2v) is 4.02. The van der Waals surface area contributed by atoms with Crippen molar-refractivity contribution in [1.82, 2.24) is 0 Å². The molecule has 8 heavy (non-hydrogen) atoms. The van der Waals surface area contributed by atoms with Crippen molar-refractivity contribution in [3.8, 4) is 0 Å². The molecular weight excluding hydrogens is 268 g/mol. The Bertz CT molecular complexity index is 131. The van der Waals surface area contributed by atoms with E-state index < -0.39 is 0 Å². The topological polar surface area (TPSA) is 0 Å². The summed E-state index contributed by atoms with van der Waals surface area (Å²) in [6.07, 6.45) is 4.01. The first kappa shape index (κ1) is 8.04. The van der Waals surface area contributed by atoms with Gasteiger partial charge in [0, 0.05) is 0 Å². The van der Waals surface area contributed by atoms with Gasteiger partial charge in [0.15, 0.2) is 0 Å². The van der Waals surface area contributed by atoms with Gasteiger partial charge in [0.25, 0.3) is 0 Å². The zero-order valence-electron chi connectivity index (χ0n) is 5.27. The van der Waals surface area contributed by atoms with E-state index in [1.165, 1.54) is 28.8 Å². The Morgan fingerprint density at radius 1 is 1.50 bits per heavy atom. The van der Waals surface area contributed by atoms with E-state index in [1.54, 1.807) is 0 Å². The molecule has 0 unspecified atom stereocenters. The van der Waals surface area contributed by atoms with Crippen molar-refractivity contribution in [3.63, 3.8) is 0 Å². The molecule has 0 amide bonds. The summed E-state index contributed by atoms with van der Waals surface area (Å²) in [4.78, 5) is 0. The number of hydrogen-bond acceptors (Lipinski definition) is 0. The predicted octanol–water partition coefficient (Wildman–Crippen LogP) is 1.86. The van der Waals surface area contributed by atoms with Gasteiger partial charge in [0.2, 0.25) is 0 Å². The van der Waals surface area contributed by atoms with E-state index in [0.29, 0.717) is 0 Å². The van der Waals surface area contributed by atoms with Gasteiger partial charge in [0.05, 0.1) is 0 Å².